The van der Waals surface area contributed by atoms with E-state index in [2.05, 4.69) is 0 Å². The van der Waals surface area contributed by atoms with Crippen molar-refractivity contribution in [2.75, 3.05) is 0 Å². The molecule has 68 valence electrons. The van der Waals surface area contributed by atoms with Crippen LogP contribution in [0, 0.1) is 0 Å². The maximum absolute atomic E-state index is 11.1. The van der Waals surface area contributed by atoms with Gasteiger partial charge in [-0.05, 0) is 12.5 Å². The predicted octanol–water partition coefficient (Wildman–Crippen LogP) is 2.18. The summed E-state index contributed by atoms with van der Waals surface area (Å²) in [5.41, 5.74) is 0.220. The Balaban J connectivity index is 3.24. The number of allylic oxidation sites excluding steroid dienone is 1. The average molecular weight is 176 g/mol. The summed E-state index contributed by atoms with van der Waals surface area (Å²) in [4.78, 5) is 11.1. The first-order valence-corrected chi connectivity index (χ1v) is 4.24. The number of aromatic hydroxyl groups is 1. The number of hydrogen-bond donors (Lipinski definition) is 1. The fraction of sp³-hybridized carbons (Fsp3) is 0.182. The highest BCUT2D eigenvalue weighted by atomic mass is 16.3. The SMILES string of the molecule is CC/C=C/c1ccccc(=O)c1O. The molecule has 0 heterocycles. The van der Waals surface area contributed by atoms with E-state index in [0.29, 0.717) is 5.56 Å². The van der Waals surface area contributed by atoms with Crippen LogP contribution >= 0.6 is 0 Å². The highest BCUT2D eigenvalue weighted by molar-refractivity contribution is 5.55. The van der Waals surface area contributed by atoms with Crippen molar-refractivity contribution >= 4 is 6.08 Å². The monoisotopic (exact) mass is 176 g/mol. The summed E-state index contributed by atoms with van der Waals surface area (Å²) in [5, 5.41) is 9.42. The molecule has 0 aliphatic rings. The molecule has 0 saturated carbocycles. The van der Waals surface area contributed by atoms with E-state index in [1.807, 2.05) is 13.0 Å². The Morgan fingerprint density at radius 2 is 2.08 bits per heavy atom. The van der Waals surface area contributed by atoms with Gasteiger partial charge >= 0.3 is 0 Å². The molecule has 0 spiro atoms. The van der Waals surface area contributed by atoms with Crippen LogP contribution in [-0.4, -0.2) is 5.11 Å². The molecule has 0 unspecified atom stereocenters. The van der Waals surface area contributed by atoms with E-state index in [1.54, 1.807) is 24.3 Å². The lowest BCUT2D eigenvalue weighted by molar-refractivity contribution is 0.470. The van der Waals surface area contributed by atoms with Crippen molar-refractivity contribution in [3.8, 4) is 5.75 Å². The van der Waals surface area contributed by atoms with Gasteiger partial charge in [0.25, 0.3) is 0 Å². The van der Waals surface area contributed by atoms with Crippen molar-refractivity contribution in [3.05, 3.63) is 46.1 Å². The molecule has 1 aromatic carbocycles. The first kappa shape index (κ1) is 9.52. The molecular formula is C11H12O2. The minimum absolute atomic E-state index is 0.185. The summed E-state index contributed by atoms with van der Waals surface area (Å²) >= 11 is 0. The topological polar surface area (TPSA) is 37.3 Å². The van der Waals surface area contributed by atoms with Gasteiger partial charge in [-0.2, -0.15) is 0 Å². The molecule has 0 bridgehead atoms. The van der Waals surface area contributed by atoms with E-state index in [1.165, 1.54) is 6.07 Å². The molecule has 2 nitrogen and oxygen atoms in total. The lowest BCUT2D eigenvalue weighted by atomic mass is 10.2. The second kappa shape index (κ2) is 4.45. The molecule has 0 amide bonds. The summed E-state index contributed by atoms with van der Waals surface area (Å²) in [7, 11) is 0. The number of rotatable bonds is 2. The van der Waals surface area contributed by atoms with Gasteiger partial charge in [-0.25, -0.2) is 0 Å². The molecule has 1 rings (SSSR count). The largest absolute Gasteiger partial charge is 0.504 e. The van der Waals surface area contributed by atoms with Crippen LogP contribution in [0.25, 0.3) is 6.08 Å². The van der Waals surface area contributed by atoms with E-state index in [-0.39, 0.29) is 11.2 Å². The zero-order valence-corrected chi connectivity index (χ0v) is 7.53. The smallest absolute Gasteiger partial charge is 0.220 e. The molecule has 0 aliphatic heterocycles. The van der Waals surface area contributed by atoms with E-state index >= 15 is 0 Å². The molecule has 0 aromatic heterocycles. The molecule has 1 N–H and O–H groups in total. The van der Waals surface area contributed by atoms with Crippen molar-refractivity contribution in [2.45, 2.75) is 13.3 Å². The van der Waals surface area contributed by atoms with Crippen LogP contribution in [0.2, 0.25) is 0 Å². The van der Waals surface area contributed by atoms with Gasteiger partial charge < -0.3 is 5.11 Å². The summed E-state index contributed by atoms with van der Waals surface area (Å²) in [6, 6.07) is 6.41. The minimum atomic E-state index is -0.347. The fourth-order valence-electron chi connectivity index (χ4n) is 0.982. The van der Waals surface area contributed by atoms with E-state index < -0.39 is 0 Å². The minimum Gasteiger partial charge on any atom is -0.504 e. The van der Waals surface area contributed by atoms with Crippen molar-refractivity contribution < 1.29 is 5.11 Å². The first-order chi connectivity index (χ1) is 6.25. The maximum Gasteiger partial charge on any atom is 0.220 e. The zero-order valence-electron chi connectivity index (χ0n) is 7.53. The molecule has 0 fully saturated rings. The average Bonchev–Trinajstić information content (AvgIpc) is 2.28. The standard InChI is InChI=1S/C11H12O2/c1-2-3-6-9-7-4-5-8-10(12)11(9)13/h3-8H,2H2,1H3,(H,12,13)/b6-3+. The Bertz CT molecular complexity index is 367. The second-order valence-electron chi connectivity index (χ2n) is 2.70. The van der Waals surface area contributed by atoms with Gasteiger partial charge in [0.15, 0.2) is 5.75 Å². The predicted molar refractivity (Wildman–Crippen MR) is 53.7 cm³/mol. The third-order valence-electron chi connectivity index (χ3n) is 1.67. The van der Waals surface area contributed by atoms with Gasteiger partial charge in [-0.3, -0.25) is 4.79 Å². The number of hydrogen-bond acceptors (Lipinski definition) is 2. The van der Waals surface area contributed by atoms with Crippen molar-refractivity contribution in [1.82, 2.24) is 0 Å². The molecular weight excluding hydrogens is 164 g/mol. The third-order valence-corrected chi connectivity index (χ3v) is 1.67. The molecule has 0 aliphatic carbocycles. The maximum atomic E-state index is 11.1. The molecule has 0 atom stereocenters. The Kier molecular flexibility index (Phi) is 3.26. The van der Waals surface area contributed by atoms with Crippen LogP contribution in [-0.2, 0) is 0 Å². The highest BCUT2D eigenvalue weighted by Gasteiger charge is 1.97. The summed E-state index contributed by atoms with van der Waals surface area (Å²) in [5.74, 6) is -0.185. The molecule has 2 heteroatoms. The van der Waals surface area contributed by atoms with Crippen LogP contribution in [0.5, 0.6) is 5.75 Å². The van der Waals surface area contributed by atoms with Gasteiger partial charge in [-0.1, -0.05) is 37.3 Å². The highest BCUT2D eigenvalue weighted by Crippen LogP contribution is 2.11. The summed E-state index contributed by atoms with van der Waals surface area (Å²) < 4.78 is 0. The van der Waals surface area contributed by atoms with Crippen LogP contribution in [0.3, 0.4) is 0 Å². The van der Waals surface area contributed by atoms with Crippen molar-refractivity contribution in [1.29, 1.82) is 0 Å². The lowest BCUT2D eigenvalue weighted by Gasteiger charge is -1.90. The van der Waals surface area contributed by atoms with E-state index in [0.717, 1.165) is 6.42 Å². The van der Waals surface area contributed by atoms with Crippen molar-refractivity contribution in [2.24, 2.45) is 0 Å². The van der Waals surface area contributed by atoms with Crippen LogP contribution in [0.15, 0.2) is 35.1 Å². The van der Waals surface area contributed by atoms with Crippen LogP contribution in [0.1, 0.15) is 18.9 Å². The van der Waals surface area contributed by atoms with Gasteiger partial charge in [0, 0.05) is 5.56 Å². The molecule has 1 aromatic rings. The van der Waals surface area contributed by atoms with Crippen LogP contribution < -0.4 is 5.43 Å². The first-order valence-electron chi connectivity index (χ1n) is 4.24. The zero-order chi connectivity index (χ0) is 9.68. The lowest BCUT2D eigenvalue weighted by Crippen LogP contribution is -1.93. The Morgan fingerprint density at radius 1 is 1.38 bits per heavy atom. The normalized spacial score (nSPS) is 10.5. The Hall–Kier alpha value is -1.57. The van der Waals surface area contributed by atoms with Gasteiger partial charge in [0.1, 0.15) is 0 Å². The van der Waals surface area contributed by atoms with E-state index in [4.69, 9.17) is 0 Å². The van der Waals surface area contributed by atoms with Gasteiger partial charge in [0.2, 0.25) is 5.43 Å². The molecule has 0 saturated heterocycles. The molecule has 13 heavy (non-hydrogen) atoms. The van der Waals surface area contributed by atoms with Gasteiger partial charge in [0.05, 0.1) is 0 Å². The van der Waals surface area contributed by atoms with Crippen LogP contribution in [0.4, 0.5) is 0 Å². The van der Waals surface area contributed by atoms with E-state index in [9.17, 15) is 9.90 Å². The molecule has 0 radical (unpaired) electrons. The Morgan fingerprint density at radius 3 is 2.77 bits per heavy atom. The van der Waals surface area contributed by atoms with Crippen molar-refractivity contribution in [3.63, 3.8) is 0 Å². The Labute approximate surface area is 77.2 Å². The second-order valence-corrected chi connectivity index (χ2v) is 2.70. The quantitative estimate of drug-likeness (QED) is 0.749. The fourth-order valence-corrected chi connectivity index (χ4v) is 0.982. The summed E-state index contributed by atoms with van der Waals surface area (Å²) in [6.07, 6.45) is 4.53. The third kappa shape index (κ3) is 2.44. The van der Waals surface area contributed by atoms with Gasteiger partial charge in [-0.15, -0.1) is 0 Å². The summed E-state index contributed by atoms with van der Waals surface area (Å²) in [6.45, 7) is 1.99.